The average Bonchev–Trinajstić information content (AvgIpc) is 2.23. The van der Waals surface area contributed by atoms with Gasteiger partial charge in [-0.2, -0.15) is 0 Å². The minimum atomic E-state index is -0.0656. The van der Waals surface area contributed by atoms with Gasteiger partial charge in [0.2, 0.25) is 0 Å². The highest BCUT2D eigenvalue weighted by molar-refractivity contribution is 4.88. The van der Waals surface area contributed by atoms with Crippen molar-refractivity contribution in [1.82, 2.24) is 10.6 Å². The molecule has 15 heavy (non-hydrogen) atoms. The van der Waals surface area contributed by atoms with Crippen molar-refractivity contribution in [3.63, 3.8) is 0 Å². The molecule has 2 heterocycles. The van der Waals surface area contributed by atoms with E-state index in [0.717, 1.165) is 51.4 Å². The minimum Gasteiger partial charge on any atom is -0.393 e. The van der Waals surface area contributed by atoms with Crippen LogP contribution in [0, 0.1) is 17.8 Å². The topological polar surface area (TPSA) is 44.3 Å². The molecule has 0 amide bonds. The Bertz CT molecular complexity index is 188. The molecule has 0 radical (unpaired) electrons. The molecule has 2 unspecified atom stereocenters. The zero-order valence-electron chi connectivity index (χ0n) is 9.71. The summed E-state index contributed by atoms with van der Waals surface area (Å²) in [5.41, 5.74) is 0. The third kappa shape index (κ3) is 2.52. The van der Waals surface area contributed by atoms with Crippen LogP contribution in [0.5, 0.6) is 0 Å². The molecule has 0 bridgehead atoms. The highest BCUT2D eigenvalue weighted by Gasteiger charge is 2.35. The van der Waals surface area contributed by atoms with Crippen LogP contribution in [0.15, 0.2) is 0 Å². The fourth-order valence-corrected chi connectivity index (χ4v) is 3.00. The number of hydrogen-bond acceptors (Lipinski definition) is 3. The van der Waals surface area contributed by atoms with Gasteiger partial charge in [-0.1, -0.05) is 13.3 Å². The lowest BCUT2D eigenvalue weighted by molar-refractivity contribution is -0.00222. The van der Waals surface area contributed by atoms with E-state index in [4.69, 9.17) is 0 Å². The molecular formula is C12H24N2O. The van der Waals surface area contributed by atoms with Crippen molar-refractivity contribution >= 4 is 0 Å². The summed E-state index contributed by atoms with van der Waals surface area (Å²) in [6.45, 7) is 6.61. The first-order valence-electron chi connectivity index (χ1n) is 6.42. The summed E-state index contributed by atoms with van der Waals surface area (Å²) in [4.78, 5) is 0. The highest BCUT2D eigenvalue weighted by Crippen LogP contribution is 2.30. The first-order chi connectivity index (χ1) is 7.33. The summed E-state index contributed by atoms with van der Waals surface area (Å²) in [5, 5.41) is 17.1. The van der Waals surface area contributed by atoms with Gasteiger partial charge in [0.1, 0.15) is 0 Å². The Morgan fingerprint density at radius 1 is 1.13 bits per heavy atom. The molecule has 0 aromatic rings. The first-order valence-corrected chi connectivity index (χ1v) is 6.42. The van der Waals surface area contributed by atoms with E-state index in [1.807, 2.05) is 0 Å². The molecule has 88 valence electrons. The maximum Gasteiger partial charge on any atom is 0.0600 e. The van der Waals surface area contributed by atoms with Crippen LogP contribution < -0.4 is 10.6 Å². The smallest absolute Gasteiger partial charge is 0.0600 e. The van der Waals surface area contributed by atoms with Gasteiger partial charge in [0.15, 0.2) is 0 Å². The molecule has 0 aliphatic carbocycles. The fraction of sp³-hybridized carbons (Fsp3) is 1.00. The maximum atomic E-state index is 10.4. The lowest BCUT2D eigenvalue weighted by atomic mass is 9.75. The molecular weight excluding hydrogens is 188 g/mol. The molecule has 3 N–H and O–H groups in total. The van der Waals surface area contributed by atoms with Crippen molar-refractivity contribution in [2.45, 2.75) is 32.3 Å². The fourth-order valence-electron chi connectivity index (χ4n) is 3.00. The van der Waals surface area contributed by atoms with Crippen LogP contribution in [0.25, 0.3) is 0 Å². The third-order valence-electron chi connectivity index (χ3n) is 4.20. The summed E-state index contributed by atoms with van der Waals surface area (Å²) in [7, 11) is 0. The quantitative estimate of drug-likeness (QED) is 0.639. The molecule has 0 aromatic carbocycles. The highest BCUT2D eigenvalue weighted by atomic mass is 16.3. The summed E-state index contributed by atoms with van der Waals surface area (Å²) in [6, 6.07) is 0. The Kier molecular flexibility index (Phi) is 4.00. The van der Waals surface area contributed by atoms with Crippen LogP contribution in [0.1, 0.15) is 26.2 Å². The summed E-state index contributed by atoms with van der Waals surface area (Å²) >= 11 is 0. The largest absolute Gasteiger partial charge is 0.393 e. The van der Waals surface area contributed by atoms with Crippen LogP contribution in [0.4, 0.5) is 0 Å². The van der Waals surface area contributed by atoms with E-state index in [-0.39, 0.29) is 6.10 Å². The molecule has 2 saturated heterocycles. The van der Waals surface area contributed by atoms with E-state index in [1.165, 1.54) is 0 Å². The van der Waals surface area contributed by atoms with Gasteiger partial charge >= 0.3 is 0 Å². The molecule has 2 fully saturated rings. The van der Waals surface area contributed by atoms with E-state index in [9.17, 15) is 5.11 Å². The molecule has 0 saturated carbocycles. The number of aliphatic hydroxyl groups excluding tert-OH is 1. The van der Waals surface area contributed by atoms with Crippen molar-refractivity contribution in [2.75, 3.05) is 26.2 Å². The second-order valence-corrected chi connectivity index (χ2v) is 5.07. The lowest BCUT2D eigenvalue weighted by Gasteiger charge is -2.40. The van der Waals surface area contributed by atoms with Crippen molar-refractivity contribution in [3.05, 3.63) is 0 Å². The molecule has 0 spiro atoms. The summed E-state index contributed by atoms with van der Waals surface area (Å²) in [6.07, 6.45) is 3.36. The van der Waals surface area contributed by atoms with Crippen LogP contribution in [-0.2, 0) is 0 Å². The van der Waals surface area contributed by atoms with E-state index >= 15 is 0 Å². The number of piperidine rings is 1. The zero-order valence-corrected chi connectivity index (χ0v) is 9.71. The van der Waals surface area contributed by atoms with Gasteiger partial charge in [0, 0.05) is 0 Å². The van der Waals surface area contributed by atoms with E-state index in [0.29, 0.717) is 11.8 Å². The van der Waals surface area contributed by atoms with Gasteiger partial charge in [-0.3, -0.25) is 0 Å². The van der Waals surface area contributed by atoms with Crippen molar-refractivity contribution < 1.29 is 5.11 Å². The van der Waals surface area contributed by atoms with E-state index < -0.39 is 0 Å². The van der Waals surface area contributed by atoms with Gasteiger partial charge < -0.3 is 15.7 Å². The maximum absolute atomic E-state index is 10.4. The van der Waals surface area contributed by atoms with Crippen LogP contribution in [0.3, 0.4) is 0 Å². The third-order valence-corrected chi connectivity index (χ3v) is 4.20. The van der Waals surface area contributed by atoms with Gasteiger partial charge in [-0.25, -0.2) is 0 Å². The zero-order chi connectivity index (χ0) is 10.7. The molecule has 2 atom stereocenters. The van der Waals surface area contributed by atoms with Crippen molar-refractivity contribution in [1.29, 1.82) is 0 Å². The van der Waals surface area contributed by atoms with Crippen molar-refractivity contribution in [2.24, 2.45) is 17.8 Å². The van der Waals surface area contributed by atoms with E-state index in [2.05, 4.69) is 17.6 Å². The lowest BCUT2D eigenvalue weighted by Crippen LogP contribution is -2.51. The second kappa shape index (κ2) is 5.28. The van der Waals surface area contributed by atoms with E-state index in [1.54, 1.807) is 0 Å². The summed E-state index contributed by atoms with van der Waals surface area (Å²) in [5.74, 6) is 1.78. The van der Waals surface area contributed by atoms with Gasteiger partial charge in [0.05, 0.1) is 6.10 Å². The molecule has 3 heteroatoms. The number of aliphatic hydroxyl groups is 1. The summed E-state index contributed by atoms with van der Waals surface area (Å²) < 4.78 is 0. The van der Waals surface area contributed by atoms with Crippen LogP contribution in [-0.4, -0.2) is 37.4 Å². The molecule has 2 rings (SSSR count). The van der Waals surface area contributed by atoms with Gasteiger partial charge in [-0.05, 0) is 56.8 Å². The molecule has 0 aromatic heterocycles. The average molecular weight is 212 g/mol. The van der Waals surface area contributed by atoms with Crippen LogP contribution >= 0.6 is 0 Å². The Balaban J connectivity index is 1.87. The predicted molar refractivity (Wildman–Crippen MR) is 61.7 cm³/mol. The molecule has 2 aliphatic heterocycles. The number of nitrogens with one attached hydrogen (secondary N) is 2. The first kappa shape index (κ1) is 11.4. The Morgan fingerprint density at radius 2 is 1.80 bits per heavy atom. The van der Waals surface area contributed by atoms with Crippen LogP contribution in [0.2, 0.25) is 0 Å². The second-order valence-electron chi connectivity index (χ2n) is 5.07. The monoisotopic (exact) mass is 212 g/mol. The Hall–Kier alpha value is -0.120. The minimum absolute atomic E-state index is 0.0656. The van der Waals surface area contributed by atoms with Gasteiger partial charge in [-0.15, -0.1) is 0 Å². The normalized spacial score (nSPS) is 28.4. The van der Waals surface area contributed by atoms with Crippen molar-refractivity contribution in [3.8, 4) is 0 Å². The Labute approximate surface area is 92.6 Å². The Morgan fingerprint density at radius 3 is 2.27 bits per heavy atom. The predicted octanol–water partition coefficient (Wildman–Crippen LogP) is 0.592. The molecule has 2 aliphatic rings. The van der Waals surface area contributed by atoms with Gasteiger partial charge in [0.25, 0.3) is 0 Å². The molecule has 3 nitrogen and oxygen atoms in total. The SMILES string of the molecule is CCC(C1CNC1)C(O)C1CCNCC1. The number of hydrogen-bond donors (Lipinski definition) is 3. The number of rotatable bonds is 4. The standard InChI is InChI=1S/C12H24N2O/c1-2-11(10-7-14-8-10)12(15)9-3-5-13-6-4-9/h9-15H,2-8H2,1H3.